The van der Waals surface area contributed by atoms with Crippen LogP contribution in [0.5, 0.6) is 0 Å². The molecule has 0 amide bonds. The SMILES string of the molecule is NCc1ccc(S(=O)(=O)Nc2cc(F)ccc2F)s1. The summed E-state index contributed by atoms with van der Waals surface area (Å²) in [5, 5.41) is 0. The van der Waals surface area contributed by atoms with Crippen molar-refractivity contribution in [2.45, 2.75) is 10.8 Å². The summed E-state index contributed by atoms with van der Waals surface area (Å²) in [5.41, 5.74) is 4.96. The highest BCUT2D eigenvalue weighted by molar-refractivity contribution is 7.94. The largest absolute Gasteiger partial charge is 0.326 e. The van der Waals surface area contributed by atoms with E-state index in [-0.39, 0.29) is 10.8 Å². The fourth-order valence-corrected chi connectivity index (χ4v) is 3.68. The van der Waals surface area contributed by atoms with Gasteiger partial charge in [-0.15, -0.1) is 11.3 Å². The molecule has 0 fully saturated rings. The summed E-state index contributed by atoms with van der Waals surface area (Å²) in [6, 6.07) is 5.48. The lowest BCUT2D eigenvalue weighted by Crippen LogP contribution is -2.12. The predicted molar refractivity (Wildman–Crippen MR) is 69.4 cm³/mol. The first-order valence-corrected chi connectivity index (χ1v) is 7.49. The summed E-state index contributed by atoms with van der Waals surface area (Å²) in [6.45, 7) is 0.217. The van der Waals surface area contributed by atoms with Gasteiger partial charge in [-0.3, -0.25) is 4.72 Å². The number of thiophene rings is 1. The Morgan fingerprint density at radius 1 is 1.21 bits per heavy atom. The van der Waals surface area contributed by atoms with Crippen LogP contribution in [0.2, 0.25) is 0 Å². The number of anilines is 1. The molecular formula is C11H10F2N2O2S2. The van der Waals surface area contributed by atoms with Crippen LogP contribution in [0.25, 0.3) is 0 Å². The Balaban J connectivity index is 2.33. The van der Waals surface area contributed by atoms with Gasteiger partial charge in [0.05, 0.1) is 5.69 Å². The molecule has 0 saturated heterocycles. The second kappa shape index (κ2) is 5.24. The zero-order valence-electron chi connectivity index (χ0n) is 9.56. The molecule has 0 aliphatic heterocycles. The minimum Gasteiger partial charge on any atom is -0.326 e. The Morgan fingerprint density at radius 3 is 2.58 bits per heavy atom. The average molecular weight is 304 g/mol. The maximum absolute atomic E-state index is 13.4. The van der Waals surface area contributed by atoms with Crippen molar-refractivity contribution in [3.05, 3.63) is 46.8 Å². The Labute approximate surface area is 112 Å². The van der Waals surface area contributed by atoms with E-state index in [4.69, 9.17) is 5.73 Å². The van der Waals surface area contributed by atoms with E-state index in [1.165, 1.54) is 6.07 Å². The summed E-state index contributed by atoms with van der Waals surface area (Å²) in [5.74, 6) is -1.58. The van der Waals surface area contributed by atoms with E-state index in [2.05, 4.69) is 0 Å². The minimum absolute atomic E-state index is 0.00314. The number of hydrogen-bond acceptors (Lipinski definition) is 4. The average Bonchev–Trinajstić information content (AvgIpc) is 2.83. The quantitative estimate of drug-likeness (QED) is 0.910. The van der Waals surface area contributed by atoms with Crippen molar-refractivity contribution in [1.82, 2.24) is 0 Å². The molecule has 0 saturated carbocycles. The molecule has 0 unspecified atom stereocenters. The maximum Gasteiger partial charge on any atom is 0.271 e. The molecule has 0 radical (unpaired) electrons. The van der Waals surface area contributed by atoms with Gasteiger partial charge in [-0.1, -0.05) is 0 Å². The number of halogens is 2. The van der Waals surface area contributed by atoms with Crippen LogP contribution in [0.1, 0.15) is 4.88 Å². The lowest BCUT2D eigenvalue weighted by atomic mass is 10.3. The number of rotatable bonds is 4. The van der Waals surface area contributed by atoms with Crippen LogP contribution < -0.4 is 10.5 Å². The molecule has 0 spiro atoms. The maximum atomic E-state index is 13.4. The molecular weight excluding hydrogens is 294 g/mol. The molecule has 0 aliphatic rings. The lowest BCUT2D eigenvalue weighted by molar-refractivity contribution is 0.595. The second-order valence-electron chi connectivity index (χ2n) is 3.65. The summed E-state index contributed by atoms with van der Waals surface area (Å²) in [6.07, 6.45) is 0. The van der Waals surface area contributed by atoms with Crippen LogP contribution in [-0.2, 0) is 16.6 Å². The summed E-state index contributed by atoms with van der Waals surface area (Å²) < 4.78 is 52.3. The third kappa shape index (κ3) is 3.09. The van der Waals surface area contributed by atoms with Crippen LogP contribution in [0, 0.1) is 11.6 Å². The minimum atomic E-state index is -3.94. The molecule has 0 atom stereocenters. The number of benzene rings is 1. The Kier molecular flexibility index (Phi) is 3.83. The normalized spacial score (nSPS) is 11.5. The summed E-state index contributed by atoms with van der Waals surface area (Å²) in [7, 11) is -3.94. The van der Waals surface area contributed by atoms with Crippen LogP contribution in [-0.4, -0.2) is 8.42 Å². The second-order valence-corrected chi connectivity index (χ2v) is 6.73. The van der Waals surface area contributed by atoms with Gasteiger partial charge in [0.1, 0.15) is 15.8 Å². The molecule has 0 aliphatic carbocycles. The van der Waals surface area contributed by atoms with Crippen LogP contribution in [0.3, 0.4) is 0 Å². The van der Waals surface area contributed by atoms with Gasteiger partial charge in [0.15, 0.2) is 0 Å². The molecule has 2 aromatic rings. The first kappa shape index (κ1) is 13.9. The molecule has 1 aromatic heterocycles. The van der Waals surface area contributed by atoms with Crippen LogP contribution in [0.4, 0.5) is 14.5 Å². The van der Waals surface area contributed by atoms with Gasteiger partial charge < -0.3 is 5.73 Å². The molecule has 3 N–H and O–H groups in total. The highest BCUT2D eigenvalue weighted by atomic mass is 32.2. The van der Waals surface area contributed by atoms with E-state index in [0.29, 0.717) is 4.88 Å². The topological polar surface area (TPSA) is 72.2 Å². The van der Waals surface area contributed by atoms with Gasteiger partial charge in [0.25, 0.3) is 10.0 Å². The Hall–Kier alpha value is -1.51. The first-order chi connectivity index (χ1) is 8.92. The molecule has 19 heavy (non-hydrogen) atoms. The Morgan fingerprint density at radius 2 is 1.95 bits per heavy atom. The summed E-state index contributed by atoms with van der Waals surface area (Å²) in [4.78, 5) is 0.681. The van der Waals surface area contributed by atoms with E-state index in [0.717, 1.165) is 29.5 Å². The number of nitrogens with two attached hydrogens (primary N) is 1. The fourth-order valence-electron chi connectivity index (χ4n) is 1.38. The van der Waals surface area contributed by atoms with E-state index in [1.807, 2.05) is 4.72 Å². The molecule has 8 heteroatoms. The van der Waals surface area contributed by atoms with Gasteiger partial charge in [-0.2, -0.15) is 0 Å². The van der Waals surface area contributed by atoms with Crippen molar-refractivity contribution in [3.8, 4) is 0 Å². The molecule has 102 valence electrons. The van der Waals surface area contributed by atoms with Gasteiger partial charge in [-0.05, 0) is 24.3 Å². The molecule has 1 aromatic carbocycles. The first-order valence-electron chi connectivity index (χ1n) is 5.19. The lowest BCUT2D eigenvalue weighted by Gasteiger charge is -2.07. The van der Waals surface area contributed by atoms with Gasteiger partial charge in [0, 0.05) is 17.5 Å². The van der Waals surface area contributed by atoms with E-state index in [9.17, 15) is 17.2 Å². The highest BCUT2D eigenvalue weighted by Crippen LogP contribution is 2.25. The van der Waals surface area contributed by atoms with Crippen LogP contribution in [0.15, 0.2) is 34.5 Å². The molecule has 1 heterocycles. The molecule has 2 rings (SSSR count). The predicted octanol–water partition coefficient (Wildman–Crippen LogP) is 2.29. The van der Waals surface area contributed by atoms with Gasteiger partial charge in [0.2, 0.25) is 0 Å². The van der Waals surface area contributed by atoms with Crippen molar-refractivity contribution in [2.24, 2.45) is 5.73 Å². The van der Waals surface area contributed by atoms with E-state index < -0.39 is 27.3 Å². The van der Waals surface area contributed by atoms with E-state index in [1.54, 1.807) is 6.07 Å². The standard InChI is InChI=1S/C11H10F2N2O2S2/c12-7-1-3-9(13)10(5-7)15-19(16,17)11-4-2-8(6-14)18-11/h1-5,15H,6,14H2. The molecule has 0 bridgehead atoms. The Bertz CT molecular complexity index is 698. The number of nitrogens with one attached hydrogen (secondary N) is 1. The van der Waals surface area contributed by atoms with E-state index >= 15 is 0 Å². The third-order valence-corrected chi connectivity index (χ3v) is 5.24. The van der Waals surface area contributed by atoms with Gasteiger partial charge >= 0.3 is 0 Å². The smallest absolute Gasteiger partial charge is 0.271 e. The number of hydrogen-bond donors (Lipinski definition) is 2. The zero-order chi connectivity index (χ0) is 14.0. The van der Waals surface area contributed by atoms with Crippen molar-refractivity contribution < 1.29 is 17.2 Å². The summed E-state index contributed by atoms with van der Waals surface area (Å²) >= 11 is 0.977. The molecule has 4 nitrogen and oxygen atoms in total. The van der Waals surface area contributed by atoms with Crippen molar-refractivity contribution in [2.75, 3.05) is 4.72 Å². The third-order valence-electron chi connectivity index (χ3n) is 2.28. The van der Waals surface area contributed by atoms with Crippen molar-refractivity contribution >= 4 is 27.0 Å². The van der Waals surface area contributed by atoms with Crippen molar-refractivity contribution in [1.29, 1.82) is 0 Å². The monoisotopic (exact) mass is 304 g/mol. The highest BCUT2D eigenvalue weighted by Gasteiger charge is 2.18. The zero-order valence-corrected chi connectivity index (χ0v) is 11.2. The number of sulfonamides is 1. The van der Waals surface area contributed by atoms with Crippen molar-refractivity contribution in [3.63, 3.8) is 0 Å². The van der Waals surface area contributed by atoms with Crippen LogP contribution >= 0.6 is 11.3 Å². The fraction of sp³-hybridized carbons (Fsp3) is 0.0909. The van der Waals surface area contributed by atoms with Gasteiger partial charge in [-0.25, -0.2) is 17.2 Å².